The molecular formula is C19H20ClFNO8P. The third-order valence-corrected chi connectivity index (χ3v) is 6.85. The van der Waals surface area contributed by atoms with Crippen LogP contribution in [0.15, 0.2) is 36.3 Å². The maximum atomic E-state index is 13.6. The normalized spacial score (nSPS) is 34.2. The maximum Gasteiger partial charge on any atom is 0.475 e. The minimum atomic E-state index is -3.94. The van der Waals surface area contributed by atoms with E-state index >= 15 is 0 Å². The molecule has 4 rings (SSSR count). The van der Waals surface area contributed by atoms with Gasteiger partial charge in [0.1, 0.15) is 12.3 Å². The molecule has 12 heteroatoms. The number of carbonyl (C=O) groups is 2. The number of aliphatic hydroxyl groups excluding tert-OH is 1. The van der Waals surface area contributed by atoms with Gasteiger partial charge in [-0.1, -0.05) is 23.7 Å². The van der Waals surface area contributed by atoms with E-state index in [-0.39, 0.29) is 19.6 Å². The Labute approximate surface area is 182 Å². The predicted octanol–water partition coefficient (Wildman–Crippen LogP) is 3.03. The Hall–Kier alpha value is -1.65. The number of Topliss-reactive ketones (excluding diaryl/α,β-unsaturated/α-hetero) is 1. The van der Waals surface area contributed by atoms with Crippen LogP contribution >= 0.6 is 19.4 Å². The topological polar surface area (TPSA) is 112 Å². The van der Waals surface area contributed by atoms with Crippen molar-refractivity contribution in [2.45, 2.75) is 43.8 Å². The first-order valence-electron chi connectivity index (χ1n) is 9.62. The number of ether oxygens (including phenoxy) is 1. The van der Waals surface area contributed by atoms with Crippen LogP contribution in [0.2, 0.25) is 5.02 Å². The van der Waals surface area contributed by atoms with Crippen molar-refractivity contribution in [2.75, 3.05) is 13.2 Å². The molecule has 3 aliphatic rings. The van der Waals surface area contributed by atoms with Gasteiger partial charge >= 0.3 is 7.82 Å². The average molecular weight is 476 g/mol. The van der Waals surface area contributed by atoms with Crippen molar-refractivity contribution in [2.24, 2.45) is 0 Å². The number of amides is 1. The quantitative estimate of drug-likeness (QED) is 0.511. The van der Waals surface area contributed by atoms with Gasteiger partial charge in [-0.2, -0.15) is 0 Å². The Morgan fingerprint density at radius 3 is 2.94 bits per heavy atom. The third kappa shape index (κ3) is 5.06. The number of hydrogen-bond donors (Lipinski definition) is 1. The molecule has 2 unspecified atom stereocenters. The number of nitrogens with zero attached hydrogens (tertiary/aromatic N) is 1. The molecule has 5 atom stereocenters. The highest BCUT2D eigenvalue weighted by Gasteiger charge is 2.43. The Morgan fingerprint density at radius 2 is 2.16 bits per heavy atom. The smallest absolute Gasteiger partial charge is 0.390 e. The van der Waals surface area contributed by atoms with Crippen LogP contribution in [-0.4, -0.2) is 53.3 Å². The molecule has 0 aliphatic carbocycles. The number of halogens is 2. The largest absolute Gasteiger partial charge is 0.475 e. The van der Waals surface area contributed by atoms with Crippen LogP contribution in [0.25, 0.3) is 0 Å². The minimum Gasteiger partial charge on any atom is -0.390 e. The van der Waals surface area contributed by atoms with E-state index in [1.807, 2.05) is 0 Å². The molecule has 168 valence electrons. The van der Waals surface area contributed by atoms with Crippen LogP contribution in [0.5, 0.6) is 0 Å². The fourth-order valence-corrected chi connectivity index (χ4v) is 5.13. The van der Waals surface area contributed by atoms with Crippen LogP contribution in [0.1, 0.15) is 30.9 Å². The van der Waals surface area contributed by atoms with Crippen molar-refractivity contribution in [3.63, 3.8) is 0 Å². The van der Waals surface area contributed by atoms with Crippen molar-refractivity contribution >= 4 is 31.1 Å². The highest BCUT2D eigenvalue weighted by molar-refractivity contribution is 7.48. The lowest BCUT2D eigenvalue weighted by molar-refractivity contribution is -0.145. The van der Waals surface area contributed by atoms with Gasteiger partial charge in [0, 0.05) is 24.1 Å². The van der Waals surface area contributed by atoms with Crippen LogP contribution < -0.4 is 0 Å². The number of benzene rings is 1. The van der Waals surface area contributed by atoms with E-state index in [1.54, 1.807) is 24.3 Å². The summed E-state index contributed by atoms with van der Waals surface area (Å²) in [6.07, 6.45) is -2.99. The molecule has 3 heterocycles. The number of hydrogen-bond acceptors (Lipinski definition) is 8. The van der Waals surface area contributed by atoms with E-state index in [4.69, 9.17) is 29.9 Å². The summed E-state index contributed by atoms with van der Waals surface area (Å²) in [5.74, 6) is -2.60. The highest BCUT2D eigenvalue weighted by Crippen LogP contribution is 2.57. The second kappa shape index (κ2) is 9.07. The van der Waals surface area contributed by atoms with Gasteiger partial charge in [-0.05, 0) is 17.7 Å². The first-order valence-corrected chi connectivity index (χ1v) is 11.5. The van der Waals surface area contributed by atoms with Gasteiger partial charge in [-0.25, -0.2) is 8.96 Å². The molecule has 9 nitrogen and oxygen atoms in total. The zero-order valence-electron chi connectivity index (χ0n) is 16.2. The fourth-order valence-electron chi connectivity index (χ4n) is 3.54. The lowest BCUT2D eigenvalue weighted by Crippen LogP contribution is -2.40. The number of ketones is 1. The van der Waals surface area contributed by atoms with E-state index in [9.17, 15) is 23.7 Å². The minimum absolute atomic E-state index is 0.0328. The lowest BCUT2D eigenvalue weighted by atomic mass is 10.1. The number of rotatable bonds is 5. The van der Waals surface area contributed by atoms with E-state index < -0.39 is 56.3 Å². The van der Waals surface area contributed by atoms with Crippen molar-refractivity contribution in [1.82, 2.24) is 4.90 Å². The van der Waals surface area contributed by atoms with Crippen molar-refractivity contribution in [3.8, 4) is 0 Å². The van der Waals surface area contributed by atoms with Crippen LogP contribution in [0.3, 0.4) is 0 Å². The summed E-state index contributed by atoms with van der Waals surface area (Å²) in [7, 11) is -3.94. The molecule has 0 radical (unpaired) electrons. The highest BCUT2D eigenvalue weighted by atomic mass is 35.5. The summed E-state index contributed by atoms with van der Waals surface area (Å²) < 4.78 is 48.2. The molecule has 1 amide bonds. The van der Waals surface area contributed by atoms with Crippen LogP contribution in [-0.2, 0) is 32.5 Å². The van der Waals surface area contributed by atoms with Gasteiger partial charge in [0.25, 0.3) is 0 Å². The van der Waals surface area contributed by atoms with E-state index in [1.165, 1.54) is 0 Å². The van der Waals surface area contributed by atoms with E-state index in [2.05, 4.69) is 0 Å². The number of allylic oxidation sites excluding steroid dienone is 1. The molecule has 1 aromatic rings. The van der Waals surface area contributed by atoms with Gasteiger partial charge < -0.3 is 9.84 Å². The number of carbonyl (C=O) groups excluding carboxylic acids is 2. The van der Waals surface area contributed by atoms with E-state index in [0.717, 1.165) is 16.7 Å². The second-order valence-corrected chi connectivity index (χ2v) is 9.38. The fraction of sp³-hybridized carbons (Fsp3) is 0.474. The van der Waals surface area contributed by atoms with Crippen LogP contribution in [0, 0.1) is 0 Å². The van der Waals surface area contributed by atoms with Crippen molar-refractivity contribution < 1.29 is 42.0 Å². The number of phosphoric acid groups is 1. The molecule has 3 aliphatic heterocycles. The molecule has 31 heavy (non-hydrogen) atoms. The Morgan fingerprint density at radius 1 is 1.35 bits per heavy atom. The summed E-state index contributed by atoms with van der Waals surface area (Å²) in [6.45, 7) is -0.212. The third-order valence-electron chi connectivity index (χ3n) is 5.14. The summed E-state index contributed by atoms with van der Waals surface area (Å²) in [6, 6.07) is 6.94. The molecule has 1 aromatic carbocycles. The molecule has 0 bridgehead atoms. The average Bonchev–Trinajstić information content (AvgIpc) is 3.10. The SMILES string of the molecule is O=C1CC(=O)N([C@H]2C[C@H](O)[C@@H](COP3(=O)OCCC(c4cccc(Cl)c4)O3)O2)C=C1F. The molecule has 0 saturated carbocycles. The van der Waals surface area contributed by atoms with Crippen LogP contribution in [0.4, 0.5) is 4.39 Å². The first-order chi connectivity index (χ1) is 14.7. The van der Waals surface area contributed by atoms with Gasteiger partial charge in [-0.15, -0.1) is 0 Å². The molecular weight excluding hydrogens is 456 g/mol. The van der Waals surface area contributed by atoms with Gasteiger partial charge in [-0.3, -0.25) is 28.1 Å². The van der Waals surface area contributed by atoms with Crippen molar-refractivity contribution in [3.05, 3.63) is 46.9 Å². The summed E-state index contributed by atoms with van der Waals surface area (Å²) in [4.78, 5) is 24.2. The first kappa shape index (κ1) is 22.5. The zero-order chi connectivity index (χ0) is 22.2. The predicted molar refractivity (Wildman–Crippen MR) is 104 cm³/mol. The molecule has 1 N–H and O–H groups in total. The van der Waals surface area contributed by atoms with Gasteiger partial charge in [0.05, 0.1) is 31.8 Å². The standard InChI is InChI=1S/C19H20ClFNO8P/c20-12-3-1-2-11(6-12)16-4-5-27-31(26,30-16)28-10-17-15(24)8-19(29-17)22-9-13(21)14(23)7-18(22)25/h1-3,6,9,15-17,19,24H,4-5,7-8,10H2/t15-,16?,17+,19+,31?/m0/s1. The second-order valence-electron chi connectivity index (χ2n) is 7.32. The van der Waals surface area contributed by atoms with Gasteiger partial charge in [0.2, 0.25) is 11.7 Å². The molecule has 2 saturated heterocycles. The number of aliphatic hydroxyl groups is 1. The Bertz CT molecular complexity index is 959. The molecule has 0 spiro atoms. The monoisotopic (exact) mass is 475 g/mol. The number of phosphoric ester groups is 1. The van der Waals surface area contributed by atoms with E-state index in [0.29, 0.717) is 11.4 Å². The van der Waals surface area contributed by atoms with Gasteiger partial charge in [0.15, 0.2) is 5.83 Å². The Kier molecular flexibility index (Phi) is 6.60. The summed E-state index contributed by atoms with van der Waals surface area (Å²) in [5, 5.41) is 10.8. The lowest BCUT2D eigenvalue weighted by Gasteiger charge is -2.30. The summed E-state index contributed by atoms with van der Waals surface area (Å²) >= 11 is 6.00. The molecule has 0 aromatic heterocycles. The maximum absolute atomic E-state index is 13.6. The molecule has 2 fully saturated rings. The summed E-state index contributed by atoms with van der Waals surface area (Å²) in [5.41, 5.74) is 0.726. The Balaban J connectivity index is 1.37. The van der Waals surface area contributed by atoms with Crippen molar-refractivity contribution in [1.29, 1.82) is 0 Å². The zero-order valence-corrected chi connectivity index (χ0v) is 17.8.